The fourth-order valence-electron chi connectivity index (χ4n) is 7.87. The molecule has 0 aliphatic carbocycles. The summed E-state index contributed by atoms with van der Waals surface area (Å²) in [5.74, 6) is 0. The highest BCUT2D eigenvalue weighted by Crippen LogP contribution is 2.33. The molecule has 11 heterocycles. The molecule has 8 nitrogen and oxygen atoms in total. The first-order chi connectivity index (χ1) is 18.7. The van der Waals surface area contributed by atoms with E-state index >= 15 is 0 Å². The Morgan fingerprint density at radius 3 is 1.32 bits per heavy atom. The number of hydrogen-bond acceptors (Lipinski definition) is 8. The minimum absolute atomic E-state index is 0.560. The first-order valence-electron chi connectivity index (χ1n) is 16.3. The molecule has 0 radical (unpaired) electrons. The van der Waals surface area contributed by atoms with Crippen molar-refractivity contribution in [3.8, 4) is 0 Å². The predicted molar refractivity (Wildman–Crippen MR) is 151 cm³/mol. The van der Waals surface area contributed by atoms with Crippen LogP contribution in [0.2, 0.25) is 0 Å². The van der Waals surface area contributed by atoms with Crippen LogP contribution in [0, 0.1) is 0 Å². The van der Waals surface area contributed by atoms with Gasteiger partial charge in [0.2, 0.25) is 0 Å². The minimum atomic E-state index is 0.560. The summed E-state index contributed by atoms with van der Waals surface area (Å²) in [4.78, 5) is 5.08. The molecule has 0 amide bonds. The molecule has 0 saturated carbocycles. The van der Waals surface area contributed by atoms with Gasteiger partial charge in [0.1, 0.15) is 0 Å². The van der Waals surface area contributed by atoms with E-state index in [2.05, 4.69) is 25.8 Å². The normalized spacial score (nSPS) is 46.1. The van der Waals surface area contributed by atoms with Gasteiger partial charge in [0.15, 0.2) is 0 Å². The molecule has 0 spiro atoms. The molecule has 6 unspecified atom stereocenters. The summed E-state index contributed by atoms with van der Waals surface area (Å²) in [7, 11) is 0. The molecule has 11 rings (SSSR count). The van der Waals surface area contributed by atoms with Gasteiger partial charge in [0.25, 0.3) is 0 Å². The Labute approximate surface area is 231 Å². The van der Waals surface area contributed by atoms with E-state index in [1.54, 1.807) is 0 Å². The van der Waals surface area contributed by atoms with E-state index < -0.39 is 0 Å². The van der Waals surface area contributed by atoms with E-state index in [1.807, 2.05) is 0 Å². The number of hydrogen-bond donors (Lipinski definition) is 3. The van der Waals surface area contributed by atoms with Crippen LogP contribution >= 0.6 is 0 Å². The van der Waals surface area contributed by atoms with Crippen molar-refractivity contribution < 1.29 is 14.2 Å². The quantitative estimate of drug-likeness (QED) is 0.438. The van der Waals surface area contributed by atoms with E-state index in [0.717, 1.165) is 38.4 Å². The highest BCUT2D eigenvalue weighted by atomic mass is 16.5. The predicted octanol–water partition coefficient (Wildman–Crippen LogP) is 2.12. The lowest BCUT2D eigenvalue weighted by Crippen LogP contribution is -2.55. The monoisotopic (exact) mass is 533 g/mol. The third-order valence-electron chi connectivity index (χ3n) is 10.3. The molecule has 218 valence electrons. The number of morpholine rings is 2. The summed E-state index contributed by atoms with van der Waals surface area (Å²) >= 11 is 0. The number of rotatable bonds is 0. The first kappa shape index (κ1) is 27.8. The van der Waals surface area contributed by atoms with Gasteiger partial charge in [-0.2, -0.15) is 0 Å². The number of piperazine rings is 3. The molecular formula is C30H55N5O3. The maximum absolute atomic E-state index is 5.47. The molecule has 11 saturated heterocycles. The van der Waals surface area contributed by atoms with E-state index in [1.165, 1.54) is 116 Å². The van der Waals surface area contributed by atoms with Crippen molar-refractivity contribution in [2.24, 2.45) is 0 Å². The van der Waals surface area contributed by atoms with Crippen molar-refractivity contribution in [2.75, 3.05) is 65.6 Å². The summed E-state index contributed by atoms with van der Waals surface area (Å²) in [6.45, 7) is 11.8. The number of piperidine rings is 1. The van der Waals surface area contributed by atoms with Crippen LogP contribution in [0.1, 0.15) is 77.0 Å². The van der Waals surface area contributed by atoms with E-state index in [-0.39, 0.29) is 0 Å². The van der Waals surface area contributed by atoms with Crippen molar-refractivity contribution in [1.82, 2.24) is 25.8 Å². The van der Waals surface area contributed by atoms with Crippen LogP contribution < -0.4 is 16.0 Å². The number of nitrogens with zero attached hydrogens (tertiary/aromatic N) is 2. The molecule has 3 N–H and O–H groups in total. The van der Waals surface area contributed by atoms with Crippen LogP contribution in [0.25, 0.3) is 0 Å². The maximum Gasteiger partial charge on any atom is 0.0716 e. The lowest BCUT2D eigenvalue weighted by atomic mass is 10.0. The van der Waals surface area contributed by atoms with E-state index in [0.29, 0.717) is 36.4 Å². The molecular weight excluding hydrogens is 478 g/mol. The molecule has 0 aromatic carbocycles. The molecule has 11 aliphatic rings. The zero-order valence-electron chi connectivity index (χ0n) is 23.8. The molecule has 0 aromatic rings. The Hall–Kier alpha value is -0.320. The van der Waals surface area contributed by atoms with Crippen molar-refractivity contribution in [3.63, 3.8) is 0 Å². The lowest BCUT2D eigenvalue weighted by Gasteiger charge is -2.41. The van der Waals surface area contributed by atoms with Crippen molar-refractivity contribution in [1.29, 1.82) is 0 Å². The maximum atomic E-state index is 5.47. The van der Waals surface area contributed by atoms with Gasteiger partial charge in [0, 0.05) is 76.0 Å². The number of nitrogens with one attached hydrogen (secondary N) is 3. The summed E-state index contributed by atoms with van der Waals surface area (Å²) < 4.78 is 16.1. The van der Waals surface area contributed by atoms with Crippen LogP contribution in [0.15, 0.2) is 0 Å². The van der Waals surface area contributed by atoms with E-state index in [9.17, 15) is 0 Å². The molecule has 10 bridgehead atoms. The van der Waals surface area contributed by atoms with Crippen LogP contribution in [-0.4, -0.2) is 124 Å². The van der Waals surface area contributed by atoms with Gasteiger partial charge in [0.05, 0.1) is 38.1 Å². The summed E-state index contributed by atoms with van der Waals surface area (Å²) in [6, 6.07) is 3.90. The van der Waals surface area contributed by atoms with Crippen molar-refractivity contribution in [3.05, 3.63) is 0 Å². The largest absolute Gasteiger partial charge is 0.378 e. The molecule has 8 heteroatoms. The van der Waals surface area contributed by atoms with Gasteiger partial charge in [-0.25, -0.2) is 0 Å². The Balaban J connectivity index is 0.0000000870. The molecule has 6 atom stereocenters. The highest BCUT2D eigenvalue weighted by molar-refractivity contribution is 4.89. The molecule has 0 aromatic heterocycles. The fraction of sp³-hybridized carbons (Fsp3) is 1.00. The standard InChI is InChI=1S/C7H13N.C6H12N2.C6H11NO.C6H10O.C5H9NO/c1-2-6-4-5-7(3-1)8-6;1-2-8-5-3-7(1)4-6-8;1-2-6-4-8-3-5(1)7-6;1-2-6-4-3-5(1)7-6;1-4-3-7-5(1)2-6-4/h6-8H,1-5H2;1-6H2;5-7H,1-4H2;5-6H,1-4H2;4-6H,1-3H2. The zero-order valence-corrected chi connectivity index (χ0v) is 23.8. The van der Waals surface area contributed by atoms with Gasteiger partial charge < -0.3 is 30.2 Å². The molecule has 38 heavy (non-hydrogen) atoms. The van der Waals surface area contributed by atoms with Gasteiger partial charge in [-0.1, -0.05) is 6.42 Å². The summed E-state index contributed by atoms with van der Waals surface area (Å²) in [6.07, 6.45) is 18.4. The SMILES string of the molecule is C1CC2CCC(C1)N2.C1CC2CCC1O2.C1CC2COCC1N2.C1CN2CCN1CC2.C1OC2CNC1C2. The van der Waals surface area contributed by atoms with Crippen molar-refractivity contribution in [2.45, 2.75) is 126 Å². The Morgan fingerprint density at radius 2 is 1.03 bits per heavy atom. The number of ether oxygens (including phenoxy) is 3. The Morgan fingerprint density at radius 1 is 0.500 bits per heavy atom. The minimum Gasteiger partial charge on any atom is -0.378 e. The second-order valence-corrected chi connectivity index (χ2v) is 13.3. The second kappa shape index (κ2) is 14.0. The Kier molecular flexibility index (Phi) is 10.3. The zero-order chi connectivity index (χ0) is 25.6. The van der Waals surface area contributed by atoms with Crippen LogP contribution in [-0.2, 0) is 14.2 Å². The molecule has 11 fully saturated rings. The average Bonchev–Trinajstić information content (AvgIpc) is 3.86. The van der Waals surface area contributed by atoms with E-state index in [4.69, 9.17) is 14.2 Å². The van der Waals surface area contributed by atoms with Crippen LogP contribution in [0.4, 0.5) is 0 Å². The summed E-state index contributed by atoms with van der Waals surface area (Å²) in [5, 5.41) is 10.4. The molecule has 11 aliphatic heterocycles. The third-order valence-corrected chi connectivity index (χ3v) is 10.3. The number of fused-ring (bicyclic) bond motifs is 11. The lowest BCUT2D eigenvalue weighted by molar-refractivity contribution is 0.0647. The van der Waals surface area contributed by atoms with Crippen molar-refractivity contribution >= 4 is 0 Å². The topological polar surface area (TPSA) is 70.3 Å². The van der Waals surface area contributed by atoms with Gasteiger partial charge in [-0.3, -0.25) is 9.80 Å². The van der Waals surface area contributed by atoms with Gasteiger partial charge >= 0.3 is 0 Å². The Bertz CT molecular complexity index is 555. The third kappa shape index (κ3) is 8.12. The van der Waals surface area contributed by atoms with Gasteiger partial charge in [-0.05, 0) is 70.6 Å². The van der Waals surface area contributed by atoms with Gasteiger partial charge in [-0.15, -0.1) is 0 Å². The smallest absolute Gasteiger partial charge is 0.0716 e. The highest BCUT2D eigenvalue weighted by Gasteiger charge is 2.32. The van der Waals surface area contributed by atoms with Crippen LogP contribution in [0.3, 0.4) is 0 Å². The average molecular weight is 534 g/mol. The second-order valence-electron chi connectivity index (χ2n) is 13.3. The van der Waals surface area contributed by atoms with Crippen LogP contribution in [0.5, 0.6) is 0 Å². The fourth-order valence-corrected chi connectivity index (χ4v) is 7.87. The first-order valence-corrected chi connectivity index (χ1v) is 16.3. The summed E-state index contributed by atoms with van der Waals surface area (Å²) in [5.41, 5.74) is 0.